The van der Waals surface area contributed by atoms with E-state index >= 15 is 0 Å². The Labute approximate surface area is 126 Å². The Balaban J connectivity index is 1.82. The fourth-order valence-corrected chi connectivity index (χ4v) is 4.50. The highest BCUT2D eigenvalue weighted by Crippen LogP contribution is 2.36. The number of ether oxygens (including phenoxy) is 1. The molecular weight excluding hydrogens is 246 g/mol. The Morgan fingerprint density at radius 2 is 1.85 bits per heavy atom. The van der Waals surface area contributed by atoms with Gasteiger partial charge in [-0.05, 0) is 75.7 Å². The van der Waals surface area contributed by atoms with Gasteiger partial charge >= 0.3 is 0 Å². The lowest BCUT2D eigenvalue weighted by Crippen LogP contribution is -2.40. The van der Waals surface area contributed by atoms with E-state index in [1.54, 1.807) is 0 Å². The molecule has 1 heterocycles. The molecule has 118 valence electrons. The van der Waals surface area contributed by atoms with E-state index in [4.69, 9.17) is 4.74 Å². The fourth-order valence-electron chi connectivity index (χ4n) is 4.50. The molecule has 1 N–H and O–H groups in total. The Morgan fingerprint density at radius 1 is 1.10 bits per heavy atom. The lowest BCUT2D eigenvalue weighted by Gasteiger charge is -2.37. The summed E-state index contributed by atoms with van der Waals surface area (Å²) in [5.74, 6) is 2.71. The van der Waals surface area contributed by atoms with Gasteiger partial charge in [0.2, 0.25) is 0 Å². The molecule has 1 saturated heterocycles. The minimum absolute atomic E-state index is 0.545. The van der Waals surface area contributed by atoms with Gasteiger partial charge in [-0.15, -0.1) is 0 Å². The smallest absolute Gasteiger partial charge is 0.0575 e. The van der Waals surface area contributed by atoms with E-state index < -0.39 is 0 Å². The Kier molecular flexibility index (Phi) is 6.83. The summed E-state index contributed by atoms with van der Waals surface area (Å²) >= 11 is 0. The van der Waals surface area contributed by atoms with Crippen LogP contribution in [0.1, 0.15) is 72.1 Å². The van der Waals surface area contributed by atoms with Crippen LogP contribution >= 0.6 is 0 Å². The second kappa shape index (κ2) is 8.38. The van der Waals surface area contributed by atoms with Crippen LogP contribution in [-0.4, -0.2) is 25.3 Å². The van der Waals surface area contributed by atoms with Crippen molar-refractivity contribution in [3.8, 4) is 0 Å². The predicted molar refractivity (Wildman–Crippen MR) is 86.0 cm³/mol. The Hall–Kier alpha value is -0.0800. The van der Waals surface area contributed by atoms with Gasteiger partial charge in [0.15, 0.2) is 0 Å². The van der Waals surface area contributed by atoms with Gasteiger partial charge in [-0.2, -0.15) is 0 Å². The minimum atomic E-state index is 0.545. The van der Waals surface area contributed by atoms with Crippen LogP contribution in [0.3, 0.4) is 0 Å². The zero-order valence-electron chi connectivity index (χ0n) is 13.9. The molecule has 4 unspecified atom stereocenters. The van der Waals surface area contributed by atoms with Gasteiger partial charge in [-0.3, -0.25) is 0 Å². The number of hydrogen-bond donors (Lipinski definition) is 1. The average Bonchev–Trinajstić information content (AvgIpc) is 2.43. The summed E-state index contributed by atoms with van der Waals surface area (Å²) in [4.78, 5) is 0. The zero-order valence-corrected chi connectivity index (χ0v) is 13.9. The van der Waals surface area contributed by atoms with Crippen molar-refractivity contribution in [3.63, 3.8) is 0 Å². The summed E-state index contributed by atoms with van der Waals surface area (Å²) in [5, 5.41) is 3.78. The van der Waals surface area contributed by atoms with Crippen molar-refractivity contribution in [2.24, 2.45) is 17.8 Å². The standard InChI is InChI=1S/C18H35NO/c1-4-19-18(9-8-17-7-5-6-10-20-17)16-12-14(2)11-15(3)13-16/h14-19H,4-13H2,1-3H3. The van der Waals surface area contributed by atoms with Gasteiger partial charge in [0, 0.05) is 12.6 Å². The van der Waals surface area contributed by atoms with Gasteiger partial charge in [0.1, 0.15) is 0 Å². The Morgan fingerprint density at radius 3 is 2.45 bits per heavy atom. The third kappa shape index (κ3) is 5.04. The first-order valence-electron chi connectivity index (χ1n) is 9.04. The van der Waals surface area contributed by atoms with Gasteiger partial charge in [-0.1, -0.05) is 20.8 Å². The highest BCUT2D eigenvalue weighted by Gasteiger charge is 2.30. The second-order valence-corrected chi connectivity index (χ2v) is 7.41. The third-order valence-corrected chi connectivity index (χ3v) is 5.32. The molecule has 2 nitrogen and oxygen atoms in total. The van der Waals surface area contributed by atoms with Gasteiger partial charge in [0.25, 0.3) is 0 Å². The molecule has 2 fully saturated rings. The monoisotopic (exact) mass is 281 g/mol. The molecule has 0 aromatic rings. The van der Waals surface area contributed by atoms with E-state index in [9.17, 15) is 0 Å². The summed E-state index contributed by atoms with van der Waals surface area (Å²) < 4.78 is 5.91. The van der Waals surface area contributed by atoms with E-state index in [2.05, 4.69) is 26.1 Å². The van der Waals surface area contributed by atoms with Gasteiger partial charge in [-0.25, -0.2) is 0 Å². The van der Waals surface area contributed by atoms with E-state index in [1.165, 1.54) is 51.4 Å². The van der Waals surface area contributed by atoms with Gasteiger partial charge in [0.05, 0.1) is 6.10 Å². The number of hydrogen-bond acceptors (Lipinski definition) is 2. The SMILES string of the molecule is CCNC(CCC1CCCCO1)C1CC(C)CC(C)C1. The van der Waals surface area contributed by atoms with Crippen molar-refractivity contribution in [1.29, 1.82) is 0 Å². The molecule has 0 radical (unpaired) electrons. The first kappa shape index (κ1) is 16.3. The Bertz CT molecular complexity index is 252. The lowest BCUT2D eigenvalue weighted by atomic mass is 9.72. The third-order valence-electron chi connectivity index (χ3n) is 5.32. The van der Waals surface area contributed by atoms with Crippen LogP contribution in [0, 0.1) is 17.8 Å². The van der Waals surface area contributed by atoms with Crippen molar-refractivity contribution in [2.45, 2.75) is 84.3 Å². The molecular formula is C18H35NO. The highest BCUT2D eigenvalue weighted by atomic mass is 16.5. The molecule has 0 spiro atoms. The molecule has 0 aromatic heterocycles. The molecule has 2 rings (SSSR count). The molecule has 0 bridgehead atoms. The van der Waals surface area contributed by atoms with E-state index in [-0.39, 0.29) is 0 Å². The normalized spacial score (nSPS) is 36.8. The van der Waals surface area contributed by atoms with Crippen molar-refractivity contribution in [2.75, 3.05) is 13.2 Å². The zero-order chi connectivity index (χ0) is 14.4. The molecule has 20 heavy (non-hydrogen) atoms. The lowest BCUT2D eigenvalue weighted by molar-refractivity contribution is 0.00643. The van der Waals surface area contributed by atoms with Crippen molar-refractivity contribution in [1.82, 2.24) is 5.32 Å². The average molecular weight is 281 g/mol. The molecule has 2 aliphatic rings. The van der Waals surface area contributed by atoms with Gasteiger partial charge < -0.3 is 10.1 Å². The number of rotatable bonds is 6. The quantitative estimate of drug-likeness (QED) is 0.780. The molecule has 1 saturated carbocycles. The van der Waals surface area contributed by atoms with Crippen LogP contribution in [0.2, 0.25) is 0 Å². The summed E-state index contributed by atoms with van der Waals surface area (Å²) in [6.45, 7) is 9.23. The van der Waals surface area contributed by atoms with Crippen molar-refractivity contribution < 1.29 is 4.74 Å². The summed E-state index contributed by atoms with van der Waals surface area (Å²) in [5.41, 5.74) is 0. The molecule has 4 atom stereocenters. The molecule has 2 heteroatoms. The van der Waals surface area contributed by atoms with E-state index in [0.717, 1.165) is 36.9 Å². The first-order valence-corrected chi connectivity index (χ1v) is 9.04. The topological polar surface area (TPSA) is 21.3 Å². The highest BCUT2D eigenvalue weighted by molar-refractivity contribution is 4.84. The summed E-state index contributed by atoms with van der Waals surface area (Å²) in [6.07, 6.45) is 11.3. The van der Waals surface area contributed by atoms with Crippen LogP contribution in [0.25, 0.3) is 0 Å². The summed E-state index contributed by atoms with van der Waals surface area (Å²) in [6, 6.07) is 0.718. The van der Waals surface area contributed by atoms with E-state index in [0.29, 0.717) is 6.10 Å². The van der Waals surface area contributed by atoms with Crippen LogP contribution in [0.15, 0.2) is 0 Å². The van der Waals surface area contributed by atoms with Crippen molar-refractivity contribution in [3.05, 3.63) is 0 Å². The first-order chi connectivity index (χ1) is 9.69. The largest absolute Gasteiger partial charge is 0.378 e. The van der Waals surface area contributed by atoms with Crippen LogP contribution < -0.4 is 5.32 Å². The van der Waals surface area contributed by atoms with Crippen LogP contribution in [0.4, 0.5) is 0 Å². The van der Waals surface area contributed by atoms with Crippen molar-refractivity contribution >= 4 is 0 Å². The maximum Gasteiger partial charge on any atom is 0.0575 e. The minimum Gasteiger partial charge on any atom is -0.378 e. The molecule has 1 aliphatic heterocycles. The van der Waals surface area contributed by atoms with E-state index in [1.807, 2.05) is 0 Å². The van der Waals surface area contributed by atoms with Crippen LogP contribution in [0.5, 0.6) is 0 Å². The molecule has 1 aliphatic carbocycles. The molecule has 0 aromatic carbocycles. The predicted octanol–water partition coefficient (Wildman–Crippen LogP) is 4.39. The molecule has 0 amide bonds. The maximum atomic E-state index is 5.91. The second-order valence-electron chi connectivity index (χ2n) is 7.41. The fraction of sp³-hybridized carbons (Fsp3) is 1.00. The maximum absolute atomic E-state index is 5.91. The summed E-state index contributed by atoms with van der Waals surface area (Å²) in [7, 11) is 0. The number of nitrogens with one attached hydrogen (secondary N) is 1. The van der Waals surface area contributed by atoms with Crippen LogP contribution in [-0.2, 0) is 4.74 Å².